The van der Waals surface area contributed by atoms with Crippen molar-refractivity contribution in [3.8, 4) is 0 Å². The molecule has 4 rings (SSSR count). The minimum Gasteiger partial charge on any atom is -0.460 e. The number of benzene rings is 2. The lowest BCUT2D eigenvalue weighted by Crippen LogP contribution is -2.36. The second kappa shape index (κ2) is 11.1. The van der Waals surface area contributed by atoms with Crippen LogP contribution in [0.4, 0.5) is 5.69 Å². The fraction of sp³-hybridized carbons (Fsp3) is 0.333. The summed E-state index contributed by atoms with van der Waals surface area (Å²) in [5.74, 6) is -1.54. The Kier molecular flexibility index (Phi) is 7.86. The molecule has 0 radical (unpaired) electrons. The zero-order chi connectivity index (χ0) is 25.8. The van der Waals surface area contributed by atoms with Crippen molar-refractivity contribution in [1.29, 1.82) is 0 Å². The number of halogens is 1. The zero-order valence-corrected chi connectivity index (χ0v) is 20.8. The Hall–Kier alpha value is -3.49. The van der Waals surface area contributed by atoms with Crippen molar-refractivity contribution >= 4 is 29.0 Å². The molecule has 9 heteroatoms. The quantitative estimate of drug-likeness (QED) is 0.225. The maximum absolute atomic E-state index is 13.6. The summed E-state index contributed by atoms with van der Waals surface area (Å²) in [6, 6.07) is 13.5. The third-order valence-electron chi connectivity index (χ3n) is 6.47. The highest BCUT2D eigenvalue weighted by molar-refractivity contribution is 6.30. The number of carbonyl (C=O) groups excluding carboxylic acids is 2. The number of dihydropyridines is 1. The summed E-state index contributed by atoms with van der Waals surface area (Å²) in [5, 5.41) is 15.4. The first kappa shape index (κ1) is 25.6. The normalized spacial score (nSPS) is 19.6. The summed E-state index contributed by atoms with van der Waals surface area (Å²) < 4.78 is 10.7. The highest BCUT2D eigenvalue weighted by Gasteiger charge is 2.41. The van der Waals surface area contributed by atoms with Gasteiger partial charge in [0.05, 0.1) is 17.1 Å². The Morgan fingerprint density at radius 2 is 1.89 bits per heavy atom. The fourth-order valence-electron chi connectivity index (χ4n) is 4.85. The summed E-state index contributed by atoms with van der Waals surface area (Å²) in [4.78, 5) is 37.8. The van der Waals surface area contributed by atoms with Crippen LogP contribution in [0.2, 0.25) is 5.02 Å². The Labute approximate surface area is 214 Å². The first-order valence-corrected chi connectivity index (χ1v) is 12.2. The van der Waals surface area contributed by atoms with E-state index in [1.165, 1.54) is 12.1 Å². The van der Waals surface area contributed by atoms with Gasteiger partial charge in [-0.3, -0.25) is 14.9 Å². The topological polar surface area (TPSA) is 108 Å². The van der Waals surface area contributed by atoms with Crippen molar-refractivity contribution in [3.63, 3.8) is 0 Å². The van der Waals surface area contributed by atoms with Gasteiger partial charge >= 0.3 is 5.97 Å². The summed E-state index contributed by atoms with van der Waals surface area (Å²) in [6.07, 6.45) is 0.803. The summed E-state index contributed by atoms with van der Waals surface area (Å²) in [6.45, 7) is 4.40. The van der Waals surface area contributed by atoms with E-state index < -0.39 is 16.8 Å². The molecule has 0 bridgehead atoms. The van der Waals surface area contributed by atoms with E-state index >= 15 is 0 Å². The standard InChI is InChI=1S/C27H27ClN2O6/c1-3-35-11-12-36-27(32)24-16(2)29-22-14-19(17-7-9-20(28)10-8-17)15-23(31)26(22)25(24)18-5-4-6-21(13-18)30(33)34/h4-10,13,19,25,29H,3,11-12,14-15H2,1-2H3/t19-,25+/m1/s1. The first-order valence-electron chi connectivity index (χ1n) is 11.8. The second-order valence-corrected chi connectivity index (χ2v) is 9.19. The Morgan fingerprint density at radius 3 is 2.58 bits per heavy atom. The van der Waals surface area contributed by atoms with Crippen molar-refractivity contribution in [2.75, 3.05) is 19.8 Å². The number of rotatable bonds is 8. The average Bonchev–Trinajstić information content (AvgIpc) is 2.86. The second-order valence-electron chi connectivity index (χ2n) is 8.75. The van der Waals surface area contributed by atoms with Crippen molar-refractivity contribution in [1.82, 2.24) is 5.32 Å². The van der Waals surface area contributed by atoms with Gasteiger partial charge in [-0.25, -0.2) is 4.79 Å². The highest BCUT2D eigenvalue weighted by atomic mass is 35.5. The van der Waals surface area contributed by atoms with Crippen LogP contribution in [0.5, 0.6) is 0 Å². The smallest absolute Gasteiger partial charge is 0.336 e. The third kappa shape index (κ3) is 5.34. The third-order valence-corrected chi connectivity index (χ3v) is 6.72. The molecule has 2 aromatic rings. The van der Waals surface area contributed by atoms with Crippen LogP contribution in [0.1, 0.15) is 49.7 Å². The maximum atomic E-state index is 13.6. The molecule has 0 saturated carbocycles. The first-order chi connectivity index (χ1) is 17.3. The van der Waals surface area contributed by atoms with Gasteiger partial charge in [0.1, 0.15) is 6.61 Å². The van der Waals surface area contributed by atoms with E-state index in [2.05, 4.69) is 5.32 Å². The van der Waals surface area contributed by atoms with Crippen LogP contribution in [0.3, 0.4) is 0 Å². The number of nitro benzene ring substituents is 1. The van der Waals surface area contributed by atoms with Crippen LogP contribution >= 0.6 is 11.6 Å². The number of ether oxygens (including phenoxy) is 2. The number of carbonyl (C=O) groups is 2. The molecule has 8 nitrogen and oxygen atoms in total. The van der Waals surface area contributed by atoms with E-state index in [-0.39, 0.29) is 42.6 Å². The molecule has 2 aliphatic rings. The van der Waals surface area contributed by atoms with E-state index in [9.17, 15) is 19.7 Å². The molecule has 0 amide bonds. The van der Waals surface area contributed by atoms with Crippen molar-refractivity contribution < 1.29 is 24.0 Å². The monoisotopic (exact) mass is 510 g/mol. The number of allylic oxidation sites excluding steroid dienone is 3. The number of non-ortho nitro benzene ring substituents is 1. The van der Waals surface area contributed by atoms with E-state index in [0.717, 1.165) is 5.56 Å². The van der Waals surface area contributed by atoms with Gasteiger partial charge in [-0.15, -0.1) is 0 Å². The lowest BCUT2D eigenvalue weighted by Gasteiger charge is -2.36. The van der Waals surface area contributed by atoms with Crippen molar-refractivity contribution in [2.24, 2.45) is 0 Å². The predicted octanol–water partition coefficient (Wildman–Crippen LogP) is 5.19. The summed E-state index contributed by atoms with van der Waals surface area (Å²) >= 11 is 6.04. The molecule has 0 unspecified atom stereocenters. The van der Waals surface area contributed by atoms with Gasteiger partial charge in [0, 0.05) is 53.1 Å². The molecule has 0 fully saturated rings. The molecule has 188 valence electrons. The molecule has 2 aromatic carbocycles. The number of Topliss-reactive ketones (excluding diaryl/α,β-unsaturated/α-hetero) is 1. The maximum Gasteiger partial charge on any atom is 0.336 e. The van der Waals surface area contributed by atoms with E-state index in [1.54, 1.807) is 31.2 Å². The van der Waals surface area contributed by atoms with Gasteiger partial charge < -0.3 is 14.8 Å². The number of nitro groups is 1. The number of hydrogen-bond donors (Lipinski definition) is 1. The van der Waals surface area contributed by atoms with Gasteiger partial charge in [-0.2, -0.15) is 0 Å². The SMILES string of the molecule is CCOCCOC(=O)C1=C(C)NC2=C(C(=O)C[C@H](c3ccc(Cl)cc3)C2)[C@H]1c1cccc([N+](=O)[O-])c1. The zero-order valence-electron chi connectivity index (χ0n) is 20.1. The molecule has 2 atom stereocenters. The fourth-order valence-corrected chi connectivity index (χ4v) is 4.97. The largest absolute Gasteiger partial charge is 0.460 e. The van der Waals surface area contributed by atoms with Crippen LogP contribution < -0.4 is 5.32 Å². The number of ketones is 1. The highest BCUT2D eigenvalue weighted by Crippen LogP contribution is 2.46. The molecule has 0 spiro atoms. The van der Waals surface area contributed by atoms with Gasteiger partial charge in [-0.05, 0) is 49.4 Å². The molecule has 1 N–H and O–H groups in total. The van der Waals surface area contributed by atoms with E-state index in [0.29, 0.717) is 40.6 Å². The van der Waals surface area contributed by atoms with Gasteiger partial charge in [0.15, 0.2) is 5.78 Å². The van der Waals surface area contributed by atoms with Crippen LogP contribution in [0.15, 0.2) is 71.1 Å². The Balaban J connectivity index is 1.74. The Morgan fingerprint density at radius 1 is 1.14 bits per heavy atom. The molecular weight excluding hydrogens is 484 g/mol. The molecule has 1 aliphatic carbocycles. The Bertz CT molecular complexity index is 1250. The number of nitrogens with one attached hydrogen (secondary N) is 1. The molecule has 0 aromatic heterocycles. The summed E-state index contributed by atoms with van der Waals surface area (Å²) in [7, 11) is 0. The lowest BCUT2D eigenvalue weighted by atomic mass is 9.71. The molecule has 1 heterocycles. The molecule has 0 saturated heterocycles. The van der Waals surface area contributed by atoms with Crippen molar-refractivity contribution in [2.45, 2.75) is 38.5 Å². The number of nitrogens with zero attached hydrogens (tertiary/aromatic N) is 1. The number of esters is 1. The summed E-state index contributed by atoms with van der Waals surface area (Å²) in [5.41, 5.74) is 3.36. The molecule has 36 heavy (non-hydrogen) atoms. The molecular formula is C27H27ClN2O6. The van der Waals surface area contributed by atoms with Crippen molar-refractivity contribution in [3.05, 3.63) is 97.3 Å². The predicted molar refractivity (Wildman–Crippen MR) is 135 cm³/mol. The van der Waals surface area contributed by atoms with Gasteiger partial charge in [0.2, 0.25) is 0 Å². The van der Waals surface area contributed by atoms with Gasteiger partial charge in [0.25, 0.3) is 5.69 Å². The average molecular weight is 511 g/mol. The molecule has 1 aliphatic heterocycles. The lowest BCUT2D eigenvalue weighted by molar-refractivity contribution is -0.384. The van der Waals surface area contributed by atoms with Crippen LogP contribution in [-0.2, 0) is 19.1 Å². The number of hydrogen-bond acceptors (Lipinski definition) is 7. The van der Waals surface area contributed by atoms with Crippen LogP contribution in [-0.4, -0.2) is 36.5 Å². The minimum atomic E-state index is -0.778. The van der Waals surface area contributed by atoms with Gasteiger partial charge in [-0.1, -0.05) is 35.9 Å². The minimum absolute atomic E-state index is 0.0562. The van der Waals surface area contributed by atoms with E-state index in [4.69, 9.17) is 21.1 Å². The van der Waals surface area contributed by atoms with Crippen LogP contribution in [0, 0.1) is 10.1 Å². The van der Waals surface area contributed by atoms with Crippen LogP contribution in [0.25, 0.3) is 0 Å². The van der Waals surface area contributed by atoms with E-state index in [1.807, 2.05) is 19.1 Å².